The highest BCUT2D eigenvalue weighted by atomic mass is 16.5. The van der Waals surface area contributed by atoms with Gasteiger partial charge in [0, 0.05) is 18.5 Å². The number of rotatable bonds is 0. The molecule has 1 unspecified atom stereocenters. The molecule has 1 saturated heterocycles. The number of nitrogens with zero attached hydrogens (tertiary/aromatic N) is 1. The lowest BCUT2D eigenvalue weighted by molar-refractivity contribution is 0.116. The van der Waals surface area contributed by atoms with Gasteiger partial charge in [0.05, 0.1) is 0 Å². The lowest BCUT2D eigenvalue weighted by Crippen LogP contribution is -2.11. The van der Waals surface area contributed by atoms with Crippen molar-refractivity contribution in [3.63, 3.8) is 0 Å². The Balaban J connectivity index is 2.18. The van der Waals surface area contributed by atoms with Crippen LogP contribution >= 0.6 is 0 Å². The van der Waals surface area contributed by atoms with Gasteiger partial charge in [-0.15, -0.1) is 0 Å². The molecule has 1 atom stereocenters. The smallest absolute Gasteiger partial charge is 0.117 e. The summed E-state index contributed by atoms with van der Waals surface area (Å²) in [5.74, 6) is 0. The summed E-state index contributed by atoms with van der Waals surface area (Å²) >= 11 is 0. The Morgan fingerprint density at radius 2 is 2.70 bits per heavy atom. The molecule has 2 aliphatic heterocycles. The summed E-state index contributed by atoms with van der Waals surface area (Å²) in [6, 6.07) is 0. The summed E-state index contributed by atoms with van der Waals surface area (Å²) in [6.45, 7) is 1.54. The third-order valence-electron chi connectivity index (χ3n) is 1.79. The Kier molecular flexibility index (Phi) is 1.43. The van der Waals surface area contributed by atoms with Crippen molar-refractivity contribution in [3.05, 3.63) is 11.8 Å². The van der Waals surface area contributed by atoms with E-state index in [2.05, 4.69) is 10.3 Å². The first kappa shape index (κ1) is 5.92. The molecule has 2 aliphatic rings. The molecule has 0 aliphatic carbocycles. The van der Waals surface area contributed by atoms with Crippen molar-refractivity contribution in [2.75, 3.05) is 13.3 Å². The van der Waals surface area contributed by atoms with E-state index >= 15 is 0 Å². The zero-order valence-electron chi connectivity index (χ0n) is 5.71. The normalized spacial score (nSPS) is 30.4. The predicted molar refractivity (Wildman–Crippen MR) is 38.9 cm³/mol. The van der Waals surface area contributed by atoms with E-state index in [1.807, 2.05) is 12.3 Å². The van der Waals surface area contributed by atoms with Crippen LogP contribution < -0.4 is 5.32 Å². The summed E-state index contributed by atoms with van der Waals surface area (Å²) in [5, 5.41) is 3.15. The van der Waals surface area contributed by atoms with Crippen LogP contribution in [-0.4, -0.2) is 25.6 Å². The van der Waals surface area contributed by atoms with Crippen molar-refractivity contribution in [3.8, 4) is 0 Å². The van der Waals surface area contributed by atoms with E-state index in [-0.39, 0.29) is 6.10 Å². The molecule has 54 valence electrons. The van der Waals surface area contributed by atoms with Crippen molar-refractivity contribution in [2.45, 2.75) is 12.5 Å². The summed E-state index contributed by atoms with van der Waals surface area (Å²) < 4.78 is 5.38. The van der Waals surface area contributed by atoms with E-state index in [1.165, 1.54) is 5.70 Å². The number of hydrogen-bond acceptors (Lipinski definition) is 3. The van der Waals surface area contributed by atoms with Crippen molar-refractivity contribution in [2.24, 2.45) is 4.99 Å². The Hall–Kier alpha value is -0.830. The monoisotopic (exact) mass is 138 g/mol. The fraction of sp³-hybridized carbons (Fsp3) is 0.571. The van der Waals surface area contributed by atoms with Crippen LogP contribution in [0, 0.1) is 0 Å². The largest absolute Gasteiger partial charge is 0.364 e. The number of allylic oxidation sites excluding steroid dienone is 1. The number of ether oxygens (including phenoxy) is 1. The van der Waals surface area contributed by atoms with E-state index in [4.69, 9.17) is 4.74 Å². The lowest BCUT2D eigenvalue weighted by atomic mass is 10.2. The van der Waals surface area contributed by atoms with Gasteiger partial charge in [-0.3, -0.25) is 4.99 Å². The van der Waals surface area contributed by atoms with Crippen molar-refractivity contribution in [1.29, 1.82) is 0 Å². The molecule has 0 saturated carbocycles. The van der Waals surface area contributed by atoms with Gasteiger partial charge in [-0.1, -0.05) is 0 Å². The van der Waals surface area contributed by atoms with Gasteiger partial charge in [0.25, 0.3) is 0 Å². The van der Waals surface area contributed by atoms with E-state index in [0.717, 1.165) is 13.0 Å². The fourth-order valence-electron chi connectivity index (χ4n) is 1.23. The minimum atomic E-state index is 0.280. The van der Waals surface area contributed by atoms with E-state index in [1.54, 1.807) is 0 Å². The van der Waals surface area contributed by atoms with Crippen LogP contribution in [0.5, 0.6) is 0 Å². The zero-order chi connectivity index (χ0) is 6.81. The maximum absolute atomic E-state index is 5.38. The van der Waals surface area contributed by atoms with Crippen LogP contribution in [0.1, 0.15) is 6.42 Å². The third-order valence-corrected chi connectivity index (χ3v) is 1.79. The molecule has 2 heterocycles. The van der Waals surface area contributed by atoms with Crippen LogP contribution in [0.25, 0.3) is 0 Å². The number of nitrogens with one attached hydrogen (secondary N) is 1. The molecule has 1 N–H and O–H groups in total. The van der Waals surface area contributed by atoms with Crippen molar-refractivity contribution >= 4 is 6.21 Å². The SMILES string of the molecule is C1=NCCC2OCNC2=C1. The van der Waals surface area contributed by atoms with Gasteiger partial charge in [-0.05, 0) is 12.5 Å². The molecular formula is C7H10N2O. The number of aliphatic imine (C=N–C) groups is 1. The average Bonchev–Trinajstić information content (AvgIpc) is 2.28. The van der Waals surface area contributed by atoms with Gasteiger partial charge in [0.15, 0.2) is 0 Å². The highest BCUT2D eigenvalue weighted by Crippen LogP contribution is 2.14. The number of fused-ring (bicyclic) bond motifs is 1. The second kappa shape index (κ2) is 2.42. The van der Waals surface area contributed by atoms with Gasteiger partial charge in [-0.25, -0.2) is 0 Å². The van der Waals surface area contributed by atoms with Gasteiger partial charge < -0.3 is 10.1 Å². The minimum Gasteiger partial charge on any atom is -0.364 e. The topological polar surface area (TPSA) is 33.6 Å². The van der Waals surface area contributed by atoms with Crippen LogP contribution in [0.15, 0.2) is 16.8 Å². The summed E-state index contributed by atoms with van der Waals surface area (Å²) in [7, 11) is 0. The van der Waals surface area contributed by atoms with Crippen LogP contribution in [0.4, 0.5) is 0 Å². The Bertz CT molecular complexity index is 186. The van der Waals surface area contributed by atoms with Crippen LogP contribution in [0.2, 0.25) is 0 Å². The van der Waals surface area contributed by atoms with Crippen molar-refractivity contribution in [1.82, 2.24) is 5.32 Å². The Morgan fingerprint density at radius 3 is 3.70 bits per heavy atom. The van der Waals surface area contributed by atoms with Gasteiger partial charge in [0.1, 0.15) is 12.8 Å². The molecule has 2 rings (SSSR count). The van der Waals surface area contributed by atoms with Crippen LogP contribution in [-0.2, 0) is 4.74 Å². The van der Waals surface area contributed by atoms with E-state index in [9.17, 15) is 0 Å². The first-order valence-electron chi connectivity index (χ1n) is 3.52. The molecular weight excluding hydrogens is 128 g/mol. The zero-order valence-corrected chi connectivity index (χ0v) is 5.71. The second-order valence-electron chi connectivity index (χ2n) is 2.44. The highest BCUT2D eigenvalue weighted by Gasteiger charge is 2.20. The molecule has 3 nitrogen and oxygen atoms in total. The maximum atomic E-state index is 5.38. The first-order valence-corrected chi connectivity index (χ1v) is 3.52. The molecule has 0 radical (unpaired) electrons. The molecule has 1 fully saturated rings. The van der Waals surface area contributed by atoms with Gasteiger partial charge in [0.2, 0.25) is 0 Å². The molecule has 0 amide bonds. The Labute approximate surface area is 59.8 Å². The first-order chi connectivity index (χ1) is 4.97. The summed E-state index contributed by atoms with van der Waals surface area (Å²) in [6.07, 6.45) is 5.12. The van der Waals surface area contributed by atoms with Crippen molar-refractivity contribution < 1.29 is 4.74 Å². The summed E-state index contributed by atoms with van der Waals surface area (Å²) in [4.78, 5) is 4.13. The Morgan fingerprint density at radius 1 is 1.70 bits per heavy atom. The quantitative estimate of drug-likeness (QED) is 0.522. The maximum Gasteiger partial charge on any atom is 0.117 e. The molecule has 10 heavy (non-hydrogen) atoms. The van der Waals surface area contributed by atoms with Gasteiger partial charge in [-0.2, -0.15) is 0 Å². The van der Waals surface area contributed by atoms with E-state index in [0.29, 0.717) is 6.73 Å². The average molecular weight is 138 g/mol. The number of hydrogen-bond donors (Lipinski definition) is 1. The molecule has 3 heteroatoms. The standard InChI is InChI=1S/C7H10N2O/c1-3-8-4-2-7-6(1)9-5-10-7/h1,3,7,9H,2,4-5H2. The lowest BCUT2D eigenvalue weighted by Gasteiger charge is -2.04. The van der Waals surface area contributed by atoms with Crippen LogP contribution in [0.3, 0.4) is 0 Å². The molecule has 0 aromatic heterocycles. The van der Waals surface area contributed by atoms with E-state index < -0.39 is 0 Å². The highest BCUT2D eigenvalue weighted by molar-refractivity contribution is 5.72. The second-order valence-corrected chi connectivity index (χ2v) is 2.44. The fourth-order valence-corrected chi connectivity index (χ4v) is 1.23. The third kappa shape index (κ3) is 0.926. The predicted octanol–water partition coefficient (Wildman–Crippen LogP) is 0.291. The molecule has 0 aromatic rings. The molecule has 0 spiro atoms. The summed E-state index contributed by atoms with van der Waals surface area (Å²) in [5.41, 5.74) is 1.18. The minimum absolute atomic E-state index is 0.280. The molecule has 0 bridgehead atoms. The van der Waals surface area contributed by atoms with Gasteiger partial charge >= 0.3 is 0 Å². The molecule has 0 aromatic carbocycles.